The molecule has 0 rings (SSSR count). The fraction of sp³-hybridized carbons (Fsp3) is 0.929. The van der Waals surface area contributed by atoms with Gasteiger partial charge in [-0.05, 0) is 43.7 Å². The molecule has 0 fully saturated rings. The number of nitrogens with one attached hydrogen (secondary N) is 1. The molecule has 0 amide bonds. The van der Waals surface area contributed by atoms with Crippen LogP contribution in [0.25, 0.3) is 0 Å². The van der Waals surface area contributed by atoms with Crippen molar-refractivity contribution >= 4 is 17.7 Å². The van der Waals surface area contributed by atoms with Crippen LogP contribution in [0, 0.1) is 5.92 Å². The van der Waals surface area contributed by atoms with Gasteiger partial charge >= 0.3 is 5.97 Å². The fourth-order valence-electron chi connectivity index (χ4n) is 1.47. The second-order valence-electron chi connectivity index (χ2n) is 4.64. The van der Waals surface area contributed by atoms with Crippen LogP contribution in [-0.2, 0) is 9.53 Å². The quantitative estimate of drug-likeness (QED) is 0.464. The third kappa shape index (κ3) is 8.81. The monoisotopic (exact) mass is 275 g/mol. The van der Waals surface area contributed by atoms with Crippen LogP contribution in [0.4, 0.5) is 0 Å². The van der Waals surface area contributed by atoms with E-state index in [0.29, 0.717) is 6.61 Å². The van der Waals surface area contributed by atoms with Gasteiger partial charge in [-0.1, -0.05) is 27.2 Å². The summed E-state index contributed by atoms with van der Waals surface area (Å²) in [6.07, 6.45) is 3.12. The maximum atomic E-state index is 11.7. The maximum absolute atomic E-state index is 11.7. The summed E-state index contributed by atoms with van der Waals surface area (Å²) in [6.45, 7) is 9.78. The number of rotatable bonds is 11. The zero-order chi connectivity index (χ0) is 13.8. The second-order valence-corrected chi connectivity index (χ2v) is 5.79. The van der Waals surface area contributed by atoms with Gasteiger partial charge in [-0.15, -0.1) is 0 Å². The van der Waals surface area contributed by atoms with Gasteiger partial charge in [0, 0.05) is 0 Å². The Balaban J connectivity index is 3.89. The summed E-state index contributed by atoms with van der Waals surface area (Å²) in [5.74, 6) is 2.86. The molecule has 2 atom stereocenters. The first kappa shape index (κ1) is 17.8. The first-order valence-corrected chi connectivity index (χ1v) is 8.28. The minimum Gasteiger partial charge on any atom is -0.465 e. The number of ether oxygens (including phenoxy) is 1. The molecule has 0 radical (unpaired) electrons. The highest BCUT2D eigenvalue weighted by atomic mass is 32.2. The number of esters is 1. The van der Waals surface area contributed by atoms with Crippen molar-refractivity contribution in [1.82, 2.24) is 5.32 Å². The van der Waals surface area contributed by atoms with Gasteiger partial charge in [-0.3, -0.25) is 4.79 Å². The SMILES string of the molecule is CCCNC(CCSCC(C)CC)C(=O)OCC. The van der Waals surface area contributed by atoms with Crippen LogP contribution in [-0.4, -0.2) is 36.7 Å². The van der Waals surface area contributed by atoms with E-state index in [1.165, 1.54) is 12.2 Å². The zero-order valence-electron chi connectivity index (χ0n) is 12.3. The van der Waals surface area contributed by atoms with E-state index in [1.54, 1.807) is 0 Å². The van der Waals surface area contributed by atoms with Gasteiger partial charge in [0.2, 0.25) is 0 Å². The Labute approximate surface area is 116 Å². The lowest BCUT2D eigenvalue weighted by atomic mass is 10.2. The summed E-state index contributed by atoms with van der Waals surface area (Å²) >= 11 is 1.94. The van der Waals surface area contributed by atoms with Crippen molar-refractivity contribution in [2.45, 2.75) is 53.0 Å². The molecule has 0 spiro atoms. The molecule has 0 aliphatic heterocycles. The Morgan fingerprint density at radius 3 is 2.61 bits per heavy atom. The molecule has 0 aromatic carbocycles. The highest BCUT2D eigenvalue weighted by Crippen LogP contribution is 2.13. The van der Waals surface area contributed by atoms with Gasteiger partial charge in [0.1, 0.15) is 6.04 Å². The van der Waals surface area contributed by atoms with Crippen LogP contribution in [0.15, 0.2) is 0 Å². The van der Waals surface area contributed by atoms with Gasteiger partial charge in [0.15, 0.2) is 0 Å². The van der Waals surface area contributed by atoms with E-state index in [9.17, 15) is 4.79 Å². The molecular weight excluding hydrogens is 246 g/mol. The minimum atomic E-state index is -0.130. The highest BCUT2D eigenvalue weighted by Gasteiger charge is 2.18. The third-order valence-electron chi connectivity index (χ3n) is 2.86. The average molecular weight is 275 g/mol. The number of carbonyl (C=O) groups is 1. The molecule has 2 unspecified atom stereocenters. The summed E-state index contributed by atoms with van der Waals surface area (Å²) in [7, 11) is 0. The van der Waals surface area contributed by atoms with Gasteiger partial charge < -0.3 is 10.1 Å². The predicted molar refractivity (Wildman–Crippen MR) is 80.1 cm³/mol. The van der Waals surface area contributed by atoms with E-state index < -0.39 is 0 Å². The van der Waals surface area contributed by atoms with E-state index in [-0.39, 0.29) is 12.0 Å². The Hall–Kier alpha value is -0.220. The smallest absolute Gasteiger partial charge is 0.323 e. The van der Waals surface area contributed by atoms with Crippen molar-refractivity contribution in [2.75, 3.05) is 24.7 Å². The first-order chi connectivity index (χ1) is 8.65. The summed E-state index contributed by atoms with van der Waals surface area (Å²) in [5, 5.41) is 3.27. The van der Waals surface area contributed by atoms with Crippen LogP contribution in [0.5, 0.6) is 0 Å². The number of hydrogen-bond acceptors (Lipinski definition) is 4. The highest BCUT2D eigenvalue weighted by molar-refractivity contribution is 7.99. The predicted octanol–water partition coefficient (Wildman–Crippen LogP) is 3.09. The lowest BCUT2D eigenvalue weighted by Crippen LogP contribution is -2.39. The topological polar surface area (TPSA) is 38.3 Å². The van der Waals surface area contributed by atoms with Crippen molar-refractivity contribution in [1.29, 1.82) is 0 Å². The third-order valence-corrected chi connectivity index (χ3v) is 4.19. The lowest BCUT2D eigenvalue weighted by molar-refractivity contribution is -0.145. The summed E-state index contributed by atoms with van der Waals surface area (Å²) < 4.78 is 5.09. The van der Waals surface area contributed by atoms with Gasteiger partial charge in [-0.25, -0.2) is 0 Å². The number of hydrogen-bond donors (Lipinski definition) is 1. The van der Waals surface area contributed by atoms with E-state index in [0.717, 1.165) is 31.1 Å². The molecule has 18 heavy (non-hydrogen) atoms. The van der Waals surface area contributed by atoms with Gasteiger partial charge in [0.25, 0.3) is 0 Å². The number of carbonyl (C=O) groups excluding carboxylic acids is 1. The molecule has 0 bridgehead atoms. The normalized spacial score (nSPS) is 14.2. The van der Waals surface area contributed by atoms with E-state index in [1.807, 2.05) is 18.7 Å². The molecule has 0 aliphatic rings. The molecule has 0 aromatic heterocycles. The van der Waals surface area contributed by atoms with Crippen molar-refractivity contribution in [3.63, 3.8) is 0 Å². The Morgan fingerprint density at radius 2 is 2.06 bits per heavy atom. The van der Waals surface area contributed by atoms with Crippen LogP contribution in [0.1, 0.15) is 47.0 Å². The molecule has 0 saturated carbocycles. The molecular formula is C14H29NO2S. The molecule has 1 N–H and O–H groups in total. The van der Waals surface area contributed by atoms with Crippen molar-refractivity contribution < 1.29 is 9.53 Å². The molecule has 0 heterocycles. The van der Waals surface area contributed by atoms with Crippen LogP contribution >= 0.6 is 11.8 Å². The Morgan fingerprint density at radius 1 is 1.33 bits per heavy atom. The summed E-state index contributed by atoms with van der Waals surface area (Å²) in [4.78, 5) is 11.7. The fourth-order valence-corrected chi connectivity index (χ4v) is 2.68. The van der Waals surface area contributed by atoms with Gasteiger partial charge in [0.05, 0.1) is 6.61 Å². The minimum absolute atomic E-state index is 0.102. The van der Waals surface area contributed by atoms with E-state index in [2.05, 4.69) is 26.1 Å². The maximum Gasteiger partial charge on any atom is 0.323 e. The molecule has 4 heteroatoms. The lowest BCUT2D eigenvalue weighted by Gasteiger charge is -2.17. The van der Waals surface area contributed by atoms with Crippen molar-refractivity contribution in [2.24, 2.45) is 5.92 Å². The molecule has 0 aliphatic carbocycles. The molecule has 108 valence electrons. The number of thioether (sulfide) groups is 1. The van der Waals surface area contributed by atoms with Crippen molar-refractivity contribution in [3.8, 4) is 0 Å². The molecule has 0 saturated heterocycles. The van der Waals surface area contributed by atoms with Crippen LogP contribution in [0.2, 0.25) is 0 Å². The zero-order valence-corrected chi connectivity index (χ0v) is 13.1. The summed E-state index contributed by atoms with van der Waals surface area (Å²) in [6, 6.07) is -0.130. The average Bonchev–Trinajstić information content (AvgIpc) is 2.37. The van der Waals surface area contributed by atoms with Gasteiger partial charge in [-0.2, -0.15) is 11.8 Å². The molecule has 0 aromatic rings. The van der Waals surface area contributed by atoms with Crippen LogP contribution < -0.4 is 5.32 Å². The van der Waals surface area contributed by atoms with E-state index in [4.69, 9.17) is 4.74 Å². The van der Waals surface area contributed by atoms with Crippen molar-refractivity contribution in [3.05, 3.63) is 0 Å². The summed E-state index contributed by atoms with van der Waals surface area (Å²) in [5.41, 5.74) is 0. The Bertz CT molecular complexity index is 212. The largest absolute Gasteiger partial charge is 0.465 e. The first-order valence-electron chi connectivity index (χ1n) is 7.13. The van der Waals surface area contributed by atoms with E-state index >= 15 is 0 Å². The molecule has 3 nitrogen and oxygen atoms in total. The Kier molecular flexibility index (Phi) is 11.7. The van der Waals surface area contributed by atoms with Crippen LogP contribution in [0.3, 0.4) is 0 Å². The standard InChI is InChI=1S/C14H29NO2S/c1-5-9-15-13(14(16)17-7-3)8-10-18-11-12(4)6-2/h12-13,15H,5-11H2,1-4H3. The second kappa shape index (κ2) is 11.8.